The predicted molar refractivity (Wildman–Crippen MR) is 243 cm³/mol. The summed E-state index contributed by atoms with van der Waals surface area (Å²) in [4.78, 5) is 65.9. The minimum atomic E-state index is -0.705. The van der Waals surface area contributed by atoms with E-state index in [1.807, 2.05) is 104 Å². The molecule has 0 bridgehead atoms. The number of carbonyl (C=O) groups is 4. The molecule has 1 unspecified atom stereocenters. The fraction of sp³-hybridized carbons (Fsp3) is 0.417. The van der Waals surface area contributed by atoms with Gasteiger partial charge < -0.3 is 24.0 Å². The standard InChI is InChI=1S/C48H56N6O7S/c1-46(2,3)61-45(58)54(34-15-18-37-39(27-34)62-43(50-37)31-12-10-30(11-13-31)32-14-20-40(49-28-32)52(8)9)47(4,5)22-25-60-48(6,7)23-24-59-35-16-17-36-33(26-35)29-53(44(36)57)38-19-21-41(55)51-42(38)56/h10-18,20,26-28,38H,19,21-25,29H2,1-9H3,(H,51,55,56). The van der Waals surface area contributed by atoms with Crippen LogP contribution in [0.2, 0.25) is 0 Å². The van der Waals surface area contributed by atoms with Crippen LogP contribution in [0.5, 0.6) is 5.75 Å². The van der Waals surface area contributed by atoms with Crippen molar-refractivity contribution >= 4 is 56.9 Å². The second-order valence-corrected chi connectivity index (χ2v) is 19.4. The number of rotatable bonds is 14. The lowest BCUT2D eigenvalue weighted by molar-refractivity contribution is -0.136. The van der Waals surface area contributed by atoms with E-state index in [0.29, 0.717) is 49.5 Å². The number of anilines is 2. The average Bonchev–Trinajstić information content (AvgIpc) is 3.77. The Kier molecular flexibility index (Phi) is 12.5. The molecule has 1 fully saturated rings. The summed E-state index contributed by atoms with van der Waals surface area (Å²) in [6.45, 7) is 14.7. The molecule has 4 amide bonds. The summed E-state index contributed by atoms with van der Waals surface area (Å²) in [6.07, 6.45) is 3.06. The van der Waals surface area contributed by atoms with Crippen LogP contribution in [0.15, 0.2) is 79.0 Å². The van der Waals surface area contributed by atoms with Gasteiger partial charge in [0.2, 0.25) is 11.8 Å². The molecule has 1 atom stereocenters. The van der Waals surface area contributed by atoms with Gasteiger partial charge in [0.25, 0.3) is 5.91 Å². The molecular weight excluding hydrogens is 805 g/mol. The van der Waals surface area contributed by atoms with Crippen molar-refractivity contribution in [1.29, 1.82) is 0 Å². The van der Waals surface area contributed by atoms with Crippen LogP contribution in [0, 0.1) is 0 Å². The van der Waals surface area contributed by atoms with Gasteiger partial charge in [-0.1, -0.05) is 24.3 Å². The summed E-state index contributed by atoms with van der Waals surface area (Å²) in [5.41, 5.74) is 4.04. The summed E-state index contributed by atoms with van der Waals surface area (Å²) in [5, 5.41) is 3.22. The molecule has 0 aliphatic carbocycles. The number of fused-ring (bicyclic) bond motifs is 2. The van der Waals surface area contributed by atoms with Gasteiger partial charge in [-0.15, -0.1) is 11.3 Å². The molecular formula is C48H56N6O7S. The maximum absolute atomic E-state index is 14.0. The van der Waals surface area contributed by atoms with Gasteiger partial charge in [-0.25, -0.2) is 14.8 Å². The number of aromatic nitrogens is 2. The molecule has 0 radical (unpaired) electrons. The summed E-state index contributed by atoms with van der Waals surface area (Å²) in [7, 11) is 3.94. The van der Waals surface area contributed by atoms with Crippen LogP contribution in [0.25, 0.3) is 31.9 Å². The molecule has 2 aromatic heterocycles. The number of nitrogens with zero attached hydrogens (tertiary/aromatic N) is 5. The number of benzene rings is 3. The third-order valence-electron chi connectivity index (χ3n) is 11.2. The van der Waals surface area contributed by atoms with Gasteiger partial charge in [0.05, 0.1) is 22.4 Å². The van der Waals surface area contributed by atoms with E-state index in [2.05, 4.69) is 40.6 Å². The van der Waals surface area contributed by atoms with Gasteiger partial charge in [-0.3, -0.25) is 24.6 Å². The van der Waals surface area contributed by atoms with Gasteiger partial charge in [-0.2, -0.15) is 0 Å². The molecule has 1 saturated heterocycles. The topological polar surface area (TPSA) is 144 Å². The lowest BCUT2D eigenvalue weighted by Gasteiger charge is -2.40. The molecule has 4 heterocycles. The van der Waals surface area contributed by atoms with Crippen LogP contribution in [-0.4, -0.2) is 88.8 Å². The van der Waals surface area contributed by atoms with Crippen molar-refractivity contribution in [3.05, 3.63) is 90.1 Å². The molecule has 2 aliphatic rings. The molecule has 13 nitrogen and oxygen atoms in total. The minimum Gasteiger partial charge on any atom is -0.493 e. The lowest BCUT2D eigenvalue weighted by Crippen LogP contribution is -2.52. The van der Waals surface area contributed by atoms with E-state index in [9.17, 15) is 19.2 Å². The van der Waals surface area contributed by atoms with E-state index in [1.165, 1.54) is 4.90 Å². The van der Waals surface area contributed by atoms with Crippen molar-refractivity contribution in [2.24, 2.45) is 0 Å². The zero-order valence-corrected chi connectivity index (χ0v) is 37.9. The molecule has 1 N–H and O–H groups in total. The fourth-order valence-electron chi connectivity index (χ4n) is 7.63. The second-order valence-electron chi connectivity index (χ2n) is 18.4. The first-order chi connectivity index (χ1) is 29.3. The summed E-state index contributed by atoms with van der Waals surface area (Å²) >= 11 is 1.58. The average molecular weight is 861 g/mol. The van der Waals surface area contributed by atoms with E-state index in [-0.39, 0.29) is 24.8 Å². The molecule has 3 aromatic carbocycles. The highest BCUT2D eigenvalue weighted by atomic mass is 32.1. The fourth-order valence-corrected chi connectivity index (χ4v) is 8.63. The van der Waals surface area contributed by atoms with Crippen molar-refractivity contribution in [2.45, 2.75) is 103 Å². The van der Waals surface area contributed by atoms with Gasteiger partial charge in [0.1, 0.15) is 28.2 Å². The smallest absolute Gasteiger partial charge is 0.415 e. The van der Waals surface area contributed by atoms with E-state index in [0.717, 1.165) is 43.3 Å². The van der Waals surface area contributed by atoms with Crippen LogP contribution < -0.4 is 19.9 Å². The second kappa shape index (κ2) is 17.5. The molecule has 0 spiro atoms. The maximum Gasteiger partial charge on any atom is 0.415 e. The normalized spacial score (nSPS) is 15.7. The van der Waals surface area contributed by atoms with Crippen molar-refractivity contribution in [2.75, 3.05) is 37.1 Å². The van der Waals surface area contributed by atoms with Crippen molar-refractivity contribution in [3.63, 3.8) is 0 Å². The van der Waals surface area contributed by atoms with Crippen molar-refractivity contribution in [1.82, 2.24) is 20.2 Å². The molecule has 0 saturated carbocycles. The number of ether oxygens (including phenoxy) is 3. The number of hydrogen-bond donors (Lipinski definition) is 1. The Morgan fingerprint density at radius 3 is 2.27 bits per heavy atom. The predicted octanol–water partition coefficient (Wildman–Crippen LogP) is 9.03. The highest BCUT2D eigenvalue weighted by molar-refractivity contribution is 7.21. The highest BCUT2D eigenvalue weighted by Crippen LogP contribution is 2.37. The summed E-state index contributed by atoms with van der Waals surface area (Å²) < 4.78 is 19.5. The summed E-state index contributed by atoms with van der Waals surface area (Å²) in [6, 6.07) is 23.0. The Labute approximate surface area is 367 Å². The lowest BCUT2D eigenvalue weighted by atomic mass is 9.97. The number of thiazole rings is 1. The zero-order chi connectivity index (χ0) is 44.6. The third kappa shape index (κ3) is 10.1. The minimum absolute atomic E-state index is 0.205. The van der Waals surface area contributed by atoms with E-state index in [4.69, 9.17) is 19.2 Å². The van der Waals surface area contributed by atoms with E-state index in [1.54, 1.807) is 28.4 Å². The van der Waals surface area contributed by atoms with Crippen molar-refractivity contribution < 1.29 is 33.4 Å². The number of imide groups is 1. The van der Waals surface area contributed by atoms with E-state index >= 15 is 0 Å². The van der Waals surface area contributed by atoms with Crippen LogP contribution >= 0.6 is 11.3 Å². The van der Waals surface area contributed by atoms with E-state index < -0.39 is 34.8 Å². The number of pyridine rings is 1. The van der Waals surface area contributed by atoms with Gasteiger partial charge >= 0.3 is 6.09 Å². The van der Waals surface area contributed by atoms with Crippen molar-refractivity contribution in [3.8, 4) is 27.4 Å². The number of carbonyl (C=O) groups excluding carboxylic acids is 4. The Bertz CT molecular complexity index is 2470. The monoisotopic (exact) mass is 860 g/mol. The Hall–Kier alpha value is -5.86. The molecule has 62 heavy (non-hydrogen) atoms. The largest absolute Gasteiger partial charge is 0.493 e. The molecule has 7 rings (SSSR count). The number of nitrogens with one attached hydrogen (secondary N) is 1. The molecule has 326 valence electrons. The summed E-state index contributed by atoms with van der Waals surface area (Å²) in [5.74, 6) is 0.550. The molecule has 14 heteroatoms. The number of hydrogen-bond acceptors (Lipinski definition) is 11. The first-order valence-corrected chi connectivity index (χ1v) is 21.8. The molecule has 5 aromatic rings. The van der Waals surface area contributed by atoms with Crippen LogP contribution in [0.4, 0.5) is 16.3 Å². The number of piperidine rings is 1. The van der Waals surface area contributed by atoms with Crippen LogP contribution in [0.3, 0.4) is 0 Å². The maximum atomic E-state index is 14.0. The Balaban J connectivity index is 0.980. The number of amides is 4. The highest BCUT2D eigenvalue weighted by Gasteiger charge is 2.40. The Morgan fingerprint density at radius 2 is 1.60 bits per heavy atom. The first-order valence-electron chi connectivity index (χ1n) is 21.0. The molecule has 2 aliphatic heterocycles. The van der Waals surface area contributed by atoms with Gasteiger partial charge in [0, 0.05) is 74.2 Å². The van der Waals surface area contributed by atoms with Gasteiger partial charge in [-0.05, 0) is 121 Å². The quantitative estimate of drug-likeness (QED) is 0.108. The van der Waals surface area contributed by atoms with Crippen LogP contribution in [-0.2, 0) is 25.6 Å². The first kappa shape index (κ1) is 44.2. The third-order valence-corrected chi connectivity index (χ3v) is 12.2. The zero-order valence-electron chi connectivity index (χ0n) is 37.0. The van der Waals surface area contributed by atoms with Crippen LogP contribution in [0.1, 0.15) is 90.1 Å². The van der Waals surface area contributed by atoms with Gasteiger partial charge in [0.15, 0.2) is 0 Å². The SMILES string of the molecule is CN(C)c1ccc(-c2ccc(-c3nc4ccc(N(C(=O)OC(C)(C)C)C(C)(C)CCOC(C)(C)CCOc5ccc6c(c5)CN(C5CCC(=O)NC5=O)C6=O)cc4s3)cc2)cn1. The Morgan fingerprint density at radius 1 is 0.871 bits per heavy atom.